The number of carbonyl (C=O) groups is 1. The molecule has 142 valence electrons. The van der Waals surface area contributed by atoms with Crippen LogP contribution in [-0.2, 0) is 0 Å². The molecule has 2 N–H and O–H groups in total. The molecule has 3 aromatic rings. The number of hydrogen-bond acceptors (Lipinski definition) is 6. The van der Waals surface area contributed by atoms with Gasteiger partial charge in [-0.05, 0) is 19.4 Å². The first-order valence-electron chi connectivity index (χ1n) is 8.88. The Hall–Kier alpha value is -3.61. The molecule has 0 saturated carbocycles. The normalized spacial score (nSPS) is 10.2. The Kier molecular flexibility index (Phi) is 5.97. The number of nitrogen functional groups attached to an aromatic ring is 1. The van der Waals surface area contributed by atoms with Gasteiger partial charge in [-0.1, -0.05) is 71.4 Å². The molecule has 5 nitrogen and oxygen atoms in total. The fourth-order valence-corrected chi connectivity index (χ4v) is 3.76. The summed E-state index contributed by atoms with van der Waals surface area (Å²) < 4.78 is 0. The lowest BCUT2D eigenvalue weighted by Crippen LogP contribution is -2.06. The van der Waals surface area contributed by atoms with Crippen molar-refractivity contribution in [1.82, 2.24) is 4.98 Å². The Morgan fingerprint density at radius 3 is 2.07 bits per heavy atom. The lowest BCUT2D eigenvalue weighted by atomic mass is 9.96. The van der Waals surface area contributed by atoms with Gasteiger partial charge in [0.25, 0.3) is 0 Å². The number of nitrogens with zero attached hydrogens (tertiary/aromatic N) is 3. The highest BCUT2D eigenvalue weighted by Gasteiger charge is 2.21. The van der Waals surface area contributed by atoms with Gasteiger partial charge in [0.1, 0.15) is 28.5 Å². The number of nitrogens with two attached hydrogens (primary N) is 1. The summed E-state index contributed by atoms with van der Waals surface area (Å²) in [6, 6.07) is 19.0. The lowest BCUT2D eigenvalue weighted by Gasteiger charge is -2.13. The van der Waals surface area contributed by atoms with Crippen LogP contribution in [0.5, 0.6) is 0 Å². The van der Waals surface area contributed by atoms with E-state index in [0.717, 1.165) is 22.9 Å². The van der Waals surface area contributed by atoms with Crippen LogP contribution in [0.4, 0.5) is 5.82 Å². The van der Waals surface area contributed by atoms with Crippen LogP contribution in [0.2, 0.25) is 0 Å². The topological polar surface area (TPSA) is 104 Å². The first kappa shape index (κ1) is 20.1. The summed E-state index contributed by atoms with van der Waals surface area (Å²) in [6.07, 6.45) is 0. The van der Waals surface area contributed by atoms with Gasteiger partial charge in [-0.3, -0.25) is 4.79 Å². The molecular weight excluding hydrogens is 380 g/mol. The summed E-state index contributed by atoms with van der Waals surface area (Å²) in [5.41, 5.74) is 10.3. The zero-order chi connectivity index (χ0) is 21.0. The van der Waals surface area contributed by atoms with Gasteiger partial charge in [-0.25, -0.2) is 4.98 Å². The van der Waals surface area contributed by atoms with Crippen molar-refractivity contribution in [2.75, 3.05) is 11.5 Å². The molecule has 0 aliphatic rings. The summed E-state index contributed by atoms with van der Waals surface area (Å²) in [4.78, 5) is 16.8. The quantitative estimate of drug-likeness (QED) is 0.495. The molecule has 29 heavy (non-hydrogen) atoms. The molecule has 0 radical (unpaired) electrons. The minimum absolute atomic E-state index is 0.0485. The molecule has 0 aliphatic heterocycles. The van der Waals surface area contributed by atoms with E-state index in [4.69, 9.17) is 5.73 Å². The average molecular weight is 398 g/mol. The Morgan fingerprint density at radius 1 is 0.966 bits per heavy atom. The summed E-state index contributed by atoms with van der Waals surface area (Å²) >= 11 is 1.15. The van der Waals surface area contributed by atoms with Gasteiger partial charge in [0, 0.05) is 11.1 Å². The van der Waals surface area contributed by atoms with Gasteiger partial charge in [0.15, 0.2) is 5.78 Å². The third-order valence-electron chi connectivity index (χ3n) is 4.47. The van der Waals surface area contributed by atoms with E-state index in [1.165, 1.54) is 0 Å². The van der Waals surface area contributed by atoms with Crippen LogP contribution in [-0.4, -0.2) is 16.5 Å². The monoisotopic (exact) mass is 398 g/mol. The van der Waals surface area contributed by atoms with Crippen LogP contribution >= 0.6 is 11.8 Å². The number of carbonyl (C=O) groups excluding carboxylic acids is 1. The first-order valence-corrected chi connectivity index (χ1v) is 9.86. The van der Waals surface area contributed by atoms with Crippen molar-refractivity contribution in [3.8, 4) is 23.3 Å². The number of aromatic nitrogens is 1. The highest BCUT2D eigenvalue weighted by atomic mass is 32.2. The molecule has 0 unspecified atom stereocenters. The third-order valence-corrected chi connectivity index (χ3v) is 5.44. The largest absolute Gasteiger partial charge is 0.383 e. The zero-order valence-corrected chi connectivity index (χ0v) is 16.9. The van der Waals surface area contributed by atoms with E-state index in [2.05, 4.69) is 17.1 Å². The fraction of sp³-hybridized carbons (Fsp3) is 0.130. The number of ketones is 1. The number of anilines is 1. The molecule has 0 spiro atoms. The highest BCUT2D eigenvalue weighted by Crippen LogP contribution is 2.35. The third kappa shape index (κ3) is 4.29. The molecule has 0 fully saturated rings. The van der Waals surface area contributed by atoms with E-state index in [-0.39, 0.29) is 28.5 Å². The highest BCUT2D eigenvalue weighted by molar-refractivity contribution is 8.00. The molecule has 0 saturated heterocycles. The predicted octanol–water partition coefficient (Wildman–Crippen LogP) is 4.67. The van der Waals surface area contributed by atoms with Gasteiger partial charge >= 0.3 is 0 Å². The number of Topliss-reactive ketones (excluding diaryl/α,β-unsaturated/α-hetero) is 1. The number of aryl methyl sites for hydroxylation is 2. The first-order chi connectivity index (χ1) is 13.9. The van der Waals surface area contributed by atoms with Crippen molar-refractivity contribution < 1.29 is 4.79 Å². The van der Waals surface area contributed by atoms with Crippen LogP contribution in [0.1, 0.15) is 32.6 Å². The molecule has 6 heteroatoms. The molecule has 0 amide bonds. The molecule has 0 bridgehead atoms. The molecular formula is C23H18N4OS. The van der Waals surface area contributed by atoms with E-state index in [1.54, 1.807) is 12.1 Å². The SMILES string of the molecule is Cc1ccc(C(=O)CSc2nc(N)c(C#N)c(-c3ccc(C)cc3)c2C#N)cc1. The fourth-order valence-electron chi connectivity index (χ4n) is 2.87. The van der Waals surface area contributed by atoms with E-state index in [1.807, 2.05) is 50.2 Å². The van der Waals surface area contributed by atoms with Gasteiger partial charge in [0.05, 0.1) is 11.3 Å². The summed E-state index contributed by atoms with van der Waals surface area (Å²) in [7, 11) is 0. The second-order valence-electron chi connectivity index (χ2n) is 6.59. The molecule has 3 rings (SSSR count). The predicted molar refractivity (Wildman–Crippen MR) is 114 cm³/mol. The van der Waals surface area contributed by atoms with E-state index >= 15 is 0 Å². The minimum Gasteiger partial charge on any atom is -0.383 e. The van der Waals surface area contributed by atoms with Crippen molar-refractivity contribution in [2.24, 2.45) is 0 Å². The van der Waals surface area contributed by atoms with Crippen LogP contribution in [0, 0.1) is 36.5 Å². The number of benzene rings is 2. The zero-order valence-electron chi connectivity index (χ0n) is 16.1. The van der Waals surface area contributed by atoms with Crippen molar-refractivity contribution in [3.05, 3.63) is 76.3 Å². The molecule has 1 heterocycles. The van der Waals surface area contributed by atoms with Crippen LogP contribution in [0.3, 0.4) is 0 Å². The standard InChI is InChI=1S/C23H18N4OS/c1-14-3-7-16(8-4-14)20(28)13-29-23-19(12-25)21(18(11-24)22(26)27-23)17-9-5-15(2)6-10-17/h3-10H,13H2,1-2H3,(H2,26,27). The van der Waals surface area contributed by atoms with Crippen molar-refractivity contribution in [2.45, 2.75) is 18.9 Å². The average Bonchev–Trinajstić information content (AvgIpc) is 2.72. The van der Waals surface area contributed by atoms with E-state index in [0.29, 0.717) is 21.7 Å². The Morgan fingerprint density at radius 2 is 1.52 bits per heavy atom. The number of nitriles is 2. The molecule has 0 atom stereocenters. The van der Waals surface area contributed by atoms with Crippen LogP contribution < -0.4 is 5.73 Å². The second-order valence-corrected chi connectivity index (χ2v) is 7.56. The Balaban J connectivity index is 2.00. The smallest absolute Gasteiger partial charge is 0.173 e. The summed E-state index contributed by atoms with van der Waals surface area (Å²) in [6.45, 7) is 3.91. The van der Waals surface area contributed by atoms with Gasteiger partial charge in [0.2, 0.25) is 0 Å². The van der Waals surface area contributed by atoms with Crippen LogP contribution in [0.15, 0.2) is 53.6 Å². The summed E-state index contributed by atoms with van der Waals surface area (Å²) in [5.74, 6) is 0.0940. The van der Waals surface area contributed by atoms with Crippen molar-refractivity contribution >= 4 is 23.4 Å². The molecule has 0 aliphatic carbocycles. The van der Waals surface area contributed by atoms with E-state index in [9.17, 15) is 15.3 Å². The maximum atomic E-state index is 12.5. The number of hydrogen-bond donors (Lipinski definition) is 1. The maximum absolute atomic E-state index is 12.5. The number of thioether (sulfide) groups is 1. The Labute approximate surface area is 173 Å². The number of rotatable bonds is 5. The van der Waals surface area contributed by atoms with Crippen molar-refractivity contribution in [1.29, 1.82) is 10.5 Å². The van der Waals surface area contributed by atoms with Crippen LogP contribution in [0.25, 0.3) is 11.1 Å². The van der Waals surface area contributed by atoms with E-state index < -0.39 is 0 Å². The van der Waals surface area contributed by atoms with Gasteiger partial charge < -0.3 is 5.73 Å². The summed E-state index contributed by atoms with van der Waals surface area (Å²) in [5, 5.41) is 19.7. The minimum atomic E-state index is -0.0690. The molecule has 1 aromatic heterocycles. The second kappa shape index (κ2) is 8.60. The lowest BCUT2D eigenvalue weighted by molar-refractivity contribution is 0.102. The van der Waals surface area contributed by atoms with Gasteiger partial charge in [-0.15, -0.1) is 0 Å². The van der Waals surface area contributed by atoms with Crippen molar-refractivity contribution in [3.63, 3.8) is 0 Å². The van der Waals surface area contributed by atoms with Gasteiger partial charge in [-0.2, -0.15) is 10.5 Å². The maximum Gasteiger partial charge on any atom is 0.173 e. The number of pyridine rings is 1. The molecule has 2 aromatic carbocycles. The Bertz CT molecular complexity index is 1150.